The molecule has 1 aliphatic heterocycles. The van der Waals surface area contributed by atoms with E-state index in [2.05, 4.69) is 11.8 Å². The number of nitrogens with zero attached hydrogens (tertiary/aromatic N) is 1. The van der Waals surface area contributed by atoms with Crippen LogP contribution in [-0.2, 0) is 0 Å². The summed E-state index contributed by atoms with van der Waals surface area (Å²) in [6, 6.07) is 3.15. The fourth-order valence-corrected chi connectivity index (χ4v) is 2.59. The number of benzene rings is 1. The first-order chi connectivity index (χ1) is 8.90. The topological polar surface area (TPSA) is 49.5 Å². The summed E-state index contributed by atoms with van der Waals surface area (Å²) in [6.07, 6.45) is 0.607. The minimum Gasteiger partial charge on any atom is -0.391 e. The maximum absolute atomic E-state index is 13.7. The fraction of sp³-hybridized carbons (Fsp3) is 0.600. The molecule has 3 atom stereocenters. The van der Waals surface area contributed by atoms with E-state index >= 15 is 0 Å². The molecule has 4 heteroatoms. The molecule has 0 saturated carbocycles. The molecule has 1 fully saturated rings. The van der Waals surface area contributed by atoms with Crippen LogP contribution in [0.2, 0.25) is 0 Å². The van der Waals surface area contributed by atoms with Gasteiger partial charge >= 0.3 is 0 Å². The quantitative estimate of drug-likeness (QED) is 0.864. The van der Waals surface area contributed by atoms with Crippen LogP contribution >= 0.6 is 0 Å². The number of aliphatic hydroxyl groups excluding tert-OH is 1. The molecule has 1 aliphatic rings. The van der Waals surface area contributed by atoms with Gasteiger partial charge in [0.25, 0.3) is 0 Å². The van der Waals surface area contributed by atoms with Crippen LogP contribution in [0, 0.1) is 18.7 Å². The van der Waals surface area contributed by atoms with Gasteiger partial charge in [0, 0.05) is 24.8 Å². The minimum absolute atomic E-state index is 0.220. The van der Waals surface area contributed by atoms with Crippen molar-refractivity contribution in [2.45, 2.75) is 39.3 Å². The maximum Gasteiger partial charge on any atom is 0.126 e. The molecule has 0 aromatic heterocycles. The van der Waals surface area contributed by atoms with Crippen molar-refractivity contribution >= 4 is 5.69 Å². The smallest absolute Gasteiger partial charge is 0.126 e. The van der Waals surface area contributed by atoms with E-state index in [1.807, 2.05) is 13.0 Å². The van der Waals surface area contributed by atoms with Crippen molar-refractivity contribution in [3.05, 3.63) is 29.1 Å². The van der Waals surface area contributed by atoms with Crippen LogP contribution in [0.4, 0.5) is 10.1 Å². The number of hydrogen-bond donors (Lipinski definition) is 2. The van der Waals surface area contributed by atoms with E-state index in [1.165, 1.54) is 6.07 Å². The summed E-state index contributed by atoms with van der Waals surface area (Å²) in [5.41, 5.74) is 8.33. The van der Waals surface area contributed by atoms with Gasteiger partial charge in [0.15, 0.2) is 0 Å². The summed E-state index contributed by atoms with van der Waals surface area (Å²) >= 11 is 0. The lowest BCUT2D eigenvalue weighted by atomic mass is 9.94. The van der Waals surface area contributed by atoms with Crippen molar-refractivity contribution in [2.75, 3.05) is 18.0 Å². The molecule has 1 aromatic rings. The van der Waals surface area contributed by atoms with E-state index in [0.29, 0.717) is 18.0 Å². The largest absolute Gasteiger partial charge is 0.391 e. The molecule has 19 heavy (non-hydrogen) atoms. The second kappa shape index (κ2) is 5.47. The molecule has 0 amide bonds. The number of β-amino-alcohol motifs (C(OH)–C–C–N with tert-alkyl or cyclic N) is 1. The average Bonchev–Trinajstić information content (AvgIpc) is 2.35. The Morgan fingerprint density at radius 3 is 2.74 bits per heavy atom. The molecular formula is C15H23FN2O. The lowest BCUT2D eigenvalue weighted by molar-refractivity contribution is 0.103. The summed E-state index contributed by atoms with van der Waals surface area (Å²) in [4.78, 5) is 2.12. The van der Waals surface area contributed by atoms with E-state index in [-0.39, 0.29) is 18.0 Å². The molecule has 1 saturated heterocycles. The molecule has 0 bridgehead atoms. The number of aryl methyl sites for hydroxylation is 1. The molecule has 1 heterocycles. The highest BCUT2D eigenvalue weighted by atomic mass is 19.1. The number of nitrogens with two attached hydrogens (primary N) is 1. The van der Waals surface area contributed by atoms with E-state index < -0.39 is 0 Å². The molecule has 0 radical (unpaired) electrons. The Bertz CT molecular complexity index is 462. The second-order valence-electron chi connectivity index (χ2n) is 5.73. The first-order valence-electron chi connectivity index (χ1n) is 6.88. The predicted octanol–water partition coefficient (Wildman–Crippen LogP) is 2.36. The Labute approximate surface area is 114 Å². The molecule has 0 aliphatic carbocycles. The van der Waals surface area contributed by atoms with Gasteiger partial charge in [-0.3, -0.25) is 0 Å². The molecule has 106 valence electrons. The highest BCUT2D eigenvalue weighted by Crippen LogP contribution is 2.31. The predicted molar refractivity (Wildman–Crippen MR) is 75.7 cm³/mol. The maximum atomic E-state index is 13.7. The van der Waals surface area contributed by atoms with Crippen molar-refractivity contribution in [2.24, 2.45) is 11.7 Å². The normalized spacial score (nSPS) is 25.5. The van der Waals surface area contributed by atoms with Crippen LogP contribution in [0.25, 0.3) is 0 Å². The Balaban J connectivity index is 2.35. The van der Waals surface area contributed by atoms with Crippen molar-refractivity contribution < 1.29 is 9.50 Å². The van der Waals surface area contributed by atoms with Crippen LogP contribution in [0.1, 0.15) is 37.4 Å². The van der Waals surface area contributed by atoms with E-state index in [9.17, 15) is 9.50 Å². The van der Waals surface area contributed by atoms with Crippen molar-refractivity contribution in [1.82, 2.24) is 0 Å². The molecule has 3 nitrogen and oxygen atoms in total. The monoisotopic (exact) mass is 266 g/mol. The van der Waals surface area contributed by atoms with Crippen LogP contribution in [0.15, 0.2) is 12.1 Å². The standard InChI is InChI=1S/C15H23FN2O/c1-9-4-5-18(8-15(9)19)14-6-10(2)13(16)7-12(14)11(3)17/h6-7,9,11,15,19H,4-5,8,17H2,1-3H3. The molecule has 2 rings (SSSR count). The third-order valence-corrected chi connectivity index (χ3v) is 4.06. The number of aliphatic hydroxyl groups is 1. The summed E-state index contributed by atoms with van der Waals surface area (Å²) in [6.45, 7) is 7.14. The Morgan fingerprint density at radius 2 is 2.16 bits per heavy atom. The van der Waals surface area contributed by atoms with Crippen molar-refractivity contribution in [1.29, 1.82) is 0 Å². The van der Waals surface area contributed by atoms with Gasteiger partial charge in [-0.2, -0.15) is 0 Å². The molecular weight excluding hydrogens is 243 g/mol. The van der Waals surface area contributed by atoms with E-state index in [4.69, 9.17) is 5.73 Å². The summed E-state index contributed by atoms with van der Waals surface area (Å²) in [7, 11) is 0. The zero-order chi connectivity index (χ0) is 14.2. The van der Waals surface area contributed by atoms with Gasteiger partial charge < -0.3 is 15.7 Å². The summed E-state index contributed by atoms with van der Waals surface area (Å²) in [5.74, 6) is 0.0959. The molecule has 1 aromatic carbocycles. The molecule has 3 N–H and O–H groups in total. The zero-order valence-corrected chi connectivity index (χ0v) is 11.9. The van der Waals surface area contributed by atoms with E-state index in [0.717, 1.165) is 24.2 Å². The number of hydrogen-bond acceptors (Lipinski definition) is 3. The van der Waals surface area contributed by atoms with Gasteiger partial charge in [-0.05, 0) is 49.4 Å². The lowest BCUT2D eigenvalue weighted by Crippen LogP contribution is -2.43. The van der Waals surface area contributed by atoms with Crippen LogP contribution < -0.4 is 10.6 Å². The highest BCUT2D eigenvalue weighted by Gasteiger charge is 2.26. The van der Waals surface area contributed by atoms with Gasteiger partial charge in [-0.1, -0.05) is 6.92 Å². The summed E-state index contributed by atoms with van der Waals surface area (Å²) < 4.78 is 13.7. The highest BCUT2D eigenvalue weighted by molar-refractivity contribution is 5.57. The van der Waals surface area contributed by atoms with E-state index in [1.54, 1.807) is 6.92 Å². The first-order valence-corrected chi connectivity index (χ1v) is 6.88. The minimum atomic E-state index is -0.333. The van der Waals surface area contributed by atoms with Crippen LogP contribution in [0.3, 0.4) is 0 Å². The van der Waals surface area contributed by atoms with Crippen molar-refractivity contribution in [3.8, 4) is 0 Å². The third-order valence-electron chi connectivity index (χ3n) is 4.06. The second-order valence-corrected chi connectivity index (χ2v) is 5.73. The third kappa shape index (κ3) is 2.90. The number of anilines is 1. The van der Waals surface area contributed by atoms with Crippen LogP contribution in [0.5, 0.6) is 0 Å². The Morgan fingerprint density at radius 1 is 1.47 bits per heavy atom. The number of halogens is 1. The van der Waals surface area contributed by atoms with Gasteiger partial charge in [-0.15, -0.1) is 0 Å². The van der Waals surface area contributed by atoms with Crippen molar-refractivity contribution in [3.63, 3.8) is 0 Å². The number of rotatable bonds is 2. The Hall–Kier alpha value is -1.13. The SMILES string of the molecule is Cc1cc(N2CCC(C)C(O)C2)c(C(C)N)cc1F. The summed E-state index contributed by atoms with van der Waals surface area (Å²) in [5, 5.41) is 10.0. The van der Waals surface area contributed by atoms with Gasteiger partial charge in [0.05, 0.1) is 6.10 Å². The van der Waals surface area contributed by atoms with Gasteiger partial charge in [0.2, 0.25) is 0 Å². The Kier molecular flexibility index (Phi) is 4.11. The molecule has 3 unspecified atom stereocenters. The van der Waals surface area contributed by atoms with Gasteiger partial charge in [0.1, 0.15) is 5.82 Å². The van der Waals surface area contributed by atoms with Gasteiger partial charge in [-0.25, -0.2) is 4.39 Å². The van der Waals surface area contributed by atoms with Crippen LogP contribution in [-0.4, -0.2) is 24.3 Å². The fourth-order valence-electron chi connectivity index (χ4n) is 2.59. The molecule has 0 spiro atoms. The number of piperidine rings is 1. The lowest BCUT2D eigenvalue weighted by Gasteiger charge is -2.37. The zero-order valence-electron chi connectivity index (χ0n) is 11.9. The average molecular weight is 266 g/mol. The first kappa shape index (κ1) is 14.3.